The van der Waals surface area contributed by atoms with Crippen LogP contribution in [0.2, 0.25) is 0 Å². The molecule has 3 aromatic carbocycles. The van der Waals surface area contributed by atoms with E-state index < -0.39 is 12.1 Å². The molecule has 4 bridgehead atoms. The summed E-state index contributed by atoms with van der Waals surface area (Å²) in [5.41, 5.74) is 6.75. The van der Waals surface area contributed by atoms with E-state index in [2.05, 4.69) is 27.1 Å². The minimum absolute atomic E-state index is 0.0566. The highest BCUT2D eigenvalue weighted by Gasteiger charge is 2.28. The van der Waals surface area contributed by atoms with Crippen LogP contribution in [0, 0.1) is 6.92 Å². The van der Waals surface area contributed by atoms with Gasteiger partial charge in [0.1, 0.15) is 6.04 Å². The summed E-state index contributed by atoms with van der Waals surface area (Å²) in [6, 6.07) is 18.3. The number of carbonyl (C=O) groups excluding carboxylic acids is 2. The molecular weight excluding hydrogens is 554 g/mol. The van der Waals surface area contributed by atoms with Gasteiger partial charge in [-0.15, -0.1) is 0 Å². The fourth-order valence-corrected chi connectivity index (χ4v) is 6.24. The molecule has 226 valence electrons. The van der Waals surface area contributed by atoms with E-state index >= 15 is 0 Å². The summed E-state index contributed by atoms with van der Waals surface area (Å²) >= 11 is 0. The van der Waals surface area contributed by atoms with Crippen LogP contribution in [0.4, 0.5) is 21.9 Å². The Morgan fingerprint density at radius 3 is 2.64 bits per heavy atom. The minimum Gasteiger partial charge on any atom is -0.449 e. The number of pyridine rings is 1. The van der Waals surface area contributed by atoms with Crippen LogP contribution in [-0.4, -0.2) is 42.1 Å². The number of ether oxygens (including phenoxy) is 1. The van der Waals surface area contributed by atoms with Gasteiger partial charge in [-0.05, 0) is 83.8 Å². The van der Waals surface area contributed by atoms with Crippen LogP contribution in [0.5, 0.6) is 0 Å². The summed E-state index contributed by atoms with van der Waals surface area (Å²) in [5, 5.41) is 7.66. The third kappa shape index (κ3) is 5.77. The second-order valence-corrected chi connectivity index (χ2v) is 11.8. The number of aromatic amines is 1. The molecule has 2 atom stereocenters. The summed E-state index contributed by atoms with van der Waals surface area (Å²) in [4.78, 5) is 46.3. The maximum atomic E-state index is 14.4. The number of H-pyrrole nitrogens is 1. The van der Waals surface area contributed by atoms with Crippen molar-refractivity contribution in [3.8, 4) is 0 Å². The quantitative estimate of drug-likeness (QED) is 0.254. The van der Waals surface area contributed by atoms with Crippen molar-refractivity contribution >= 4 is 39.8 Å². The lowest BCUT2D eigenvalue weighted by atomic mass is 9.93. The molecule has 4 aromatic rings. The fraction of sp³-hybridized carbons (Fsp3) is 0.286. The lowest BCUT2D eigenvalue weighted by Gasteiger charge is -2.29. The number of amides is 2. The molecular formula is C35H37N5O4. The van der Waals surface area contributed by atoms with Gasteiger partial charge in [0.05, 0.1) is 6.61 Å². The van der Waals surface area contributed by atoms with Crippen LogP contribution in [0.15, 0.2) is 83.9 Å². The van der Waals surface area contributed by atoms with Gasteiger partial charge in [0, 0.05) is 60.4 Å². The largest absolute Gasteiger partial charge is 0.449 e. The average molecular weight is 592 g/mol. The highest BCUT2D eigenvalue weighted by molar-refractivity contribution is 5.89. The van der Waals surface area contributed by atoms with Gasteiger partial charge in [-0.1, -0.05) is 37.8 Å². The van der Waals surface area contributed by atoms with E-state index in [0.717, 1.165) is 58.4 Å². The predicted molar refractivity (Wildman–Crippen MR) is 174 cm³/mol. The standard InChI is InChI=1S/C35H37N5O4/c1-21-16-25-8-11-29(21)22(2)20-44-35(43)38-27-10-12-31(40-15-5-6-23(40)3)26(17-27)19-39(4)34(42)32(25)37-28-9-7-24-13-14-36-33(41)30(24)18-28/h7-14,16-18,22,32,37H,3,5-6,15,19-20H2,1-2,4H3,(H,36,41)(H,38,43)/t22-,32?/m0/s1. The molecule has 0 radical (unpaired) electrons. The number of nitrogens with zero attached hydrogens (tertiary/aromatic N) is 2. The van der Waals surface area contributed by atoms with Gasteiger partial charge in [-0.25, -0.2) is 4.79 Å². The van der Waals surface area contributed by atoms with Crippen LogP contribution in [0.3, 0.4) is 0 Å². The van der Waals surface area contributed by atoms with Gasteiger partial charge in [-0.2, -0.15) is 0 Å². The molecule has 0 aliphatic carbocycles. The van der Waals surface area contributed by atoms with Crippen LogP contribution >= 0.6 is 0 Å². The zero-order valence-electron chi connectivity index (χ0n) is 25.3. The molecule has 0 spiro atoms. The monoisotopic (exact) mass is 591 g/mol. The maximum Gasteiger partial charge on any atom is 0.411 e. The van der Waals surface area contributed by atoms with Crippen LogP contribution < -0.4 is 21.1 Å². The molecule has 3 aliphatic heterocycles. The Kier molecular flexibility index (Phi) is 7.86. The fourth-order valence-electron chi connectivity index (χ4n) is 6.24. The number of nitrogens with one attached hydrogen (secondary N) is 3. The topological polar surface area (TPSA) is 107 Å². The zero-order valence-corrected chi connectivity index (χ0v) is 25.3. The SMILES string of the molecule is C=C1CCCN1c1ccc2cc1CN(C)C(=O)C(Nc1ccc3cc[nH]c(=O)c3c1)c1ccc(c(C)c1)[C@@H](C)COC(=O)N2. The molecule has 1 fully saturated rings. The molecule has 9 heteroatoms. The molecule has 1 unspecified atom stereocenters. The van der Waals surface area contributed by atoms with Crippen LogP contribution in [0.1, 0.15) is 54.0 Å². The van der Waals surface area contributed by atoms with Crippen LogP contribution in [-0.2, 0) is 16.1 Å². The smallest absolute Gasteiger partial charge is 0.411 e. The summed E-state index contributed by atoms with van der Waals surface area (Å²) in [7, 11) is 1.78. The van der Waals surface area contributed by atoms with Crippen molar-refractivity contribution in [2.24, 2.45) is 0 Å². The highest BCUT2D eigenvalue weighted by Crippen LogP contribution is 2.34. The van der Waals surface area contributed by atoms with Gasteiger partial charge in [0.25, 0.3) is 5.56 Å². The van der Waals surface area contributed by atoms with E-state index in [9.17, 15) is 14.4 Å². The minimum atomic E-state index is -0.722. The number of hydrogen-bond donors (Lipinski definition) is 3. The molecule has 1 saturated heterocycles. The molecule has 3 N–H and O–H groups in total. The van der Waals surface area contributed by atoms with Crippen molar-refractivity contribution in [3.05, 3.63) is 112 Å². The Labute approximate surface area is 256 Å². The Bertz CT molecular complexity index is 1830. The summed E-state index contributed by atoms with van der Waals surface area (Å²) in [6.07, 6.45) is 3.02. The molecule has 3 aliphatic rings. The van der Waals surface area contributed by atoms with Gasteiger partial charge in [-0.3, -0.25) is 14.9 Å². The summed E-state index contributed by atoms with van der Waals surface area (Å²) < 4.78 is 5.61. The number of anilines is 3. The first-order valence-corrected chi connectivity index (χ1v) is 14.9. The third-order valence-electron chi connectivity index (χ3n) is 8.58. The van der Waals surface area contributed by atoms with Crippen molar-refractivity contribution in [2.75, 3.05) is 35.7 Å². The normalized spacial score (nSPS) is 19.3. The van der Waals surface area contributed by atoms with E-state index in [1.165, 1.54) is 0 Å². The summed E-state index contributed by atoms with van der Waals surface area (Å²) in [5.74, 6) is -0.192. The number of fused-ring (bicyclic) bond motifs is 10. The van der Waals surface area contributed by atoms with Crippen molar-refractivity contribution in [1.82, 2.24) is 9.88 Å². The number of benzene rings is 3. The van der Waals surface area contributed by atoms with E-state index in [1.807, 2.05) is 68.4 Å². The van der Waals surface area contributed by atoms with E-state index in [-0.39, 0.29) is 24.0 Å². The number of aryl methyl sites for hydroxylation is 1. The first-order chi connectivity index (χ1) is 21.2. The molecule has 44 heavy (non-hydrogen) atoms. The van der Waals surface area contributed by atoms with Crippen molar-refractivity contribution in [2.45, 2.75) is 45.2 Å². The molecule has 1 aromatic heterocycles. The first kappa shape index (κ1) is 29.0. The Morgan fingerprint density at radius 2 is 1.86 bits per heavy atom. The zero-order chi connectivity index (χ0) is 31.0. The number of rotatable bonds is 3. The van der Waals surface area contributed by atoms with Gasteiger partial charge >= 0.3 is 6.09 Å². The van der Waals surface area contributed by atoms with E-state index in [1.54, 1.807) is 24.2 Å². The number of hydrogen-bond acceptors (Lipinski definition) is 6. The lowest BCUT2D eigenvalue weighted by molar-refractivity contribution is -0.131. The Balaban J connectivity index is 1.42. The maximum absolute atomic E-state index is 14.4. The van der Waals surface area contributed by atoms with Crippen molar-refractivity contribution in [1.29, 1.82) is 0 Å². The van der Waals surface area contributed by atoms with Crippen LogP contribution in [0.25, 0.3) is 10.8 Å². The number of allylic oxidation sites excluding steroid dienone is 1. The molecule has 7 rings (SSSR count). The molecule has 9 nitrogen and oxygen atoms in total. The Morgan fingerprint density at radius 1 is 1.02 bits per heavy atom. The van der Waals surface area contributed by atoms with Gasteiger partial charge in [0.15, 0.2) is 0 Å². The van der Waals surface area contributed by atoms with E-state index in [0.29, 0.717) is 23.3 Å². The van der Waals surface area contributed by atoms with Crippen molar-refractivity contribution in [3.63, 3.8) is 0 Å². The second-order valence-electron chi connectivity index (χ2n) is 11.8. The van der Waals surface area contributed by atoms with Crippen molar-refractivity contribution < 1.29 is 14.3 Å². The molecule has 2 amide bonds. The molecule has 4 heterocycles. The predicted octanol–water partition coefficient (Wildman–Crippen LogP) is 6.43. The Hall–Kier alpha value is -5.05. The highest BCUT2D eigenvalue weighted by atomic mass is 16.5. The second kappa shape index (κ2) is 11.9. The van der Waals surface area contributed by atoms with Gasteiger partial charge < -0.3 is 24.8 Å². The average Bonchev–Trinajstić information content (AvgIpc) is 3.43. The van der Waals surface area contributed by atoms with E-state index in [4.69, 9.17) is 4.74 Å². The number of aromatic nitrogens is 1. The first-order valence-electron chi connectivity index (χ1n) is 14.9. The lowest BCUT2D eigenvalue weighted by Crippen LogP contribution is -2.35. The number of likely N-dealkylation sites (N-methyl/N-ethyl adjacent to an activating group) is 1. The third-order valence-corrected chi connectivity index (χ3v) is 8.58. The molecule has 0 saturated carbocycles. The van der Waals surface area contributed by atoms with Gasteiger partial charge in [0.2, 0.25) is 5.91 Å². The summed E-state index contributed by atoms with van der Waals surface area (Å²) in [6.45, 7) is 9.60. The number of carbonyl (C=O) groups is 2.